The number of aliphatic carboxylic acids is 1. The van der Waals surface area contributed by atoms with Gasteiger partial charge in [-0.25, -0.2) is 4.79 Å². The molecule has 1 N–H and O–H groups in total. The molecule has 0 radical (unpaired) electrons. The van der Waals surface area contributed by atoms with Gasteiger partial charge >= 0.3 is 5.97 Å². The monoisotopic (exact) mass is 444 g/mol. The van der Waals surface area contributed by atoms with Gasteiger partial charge < -0.3 is 10.0 Å². The summed E-state index contributed by atoms with van der Waals surface area (Å²) in [5.41, 5.74) is 1.69. The lowest BCUT2D eigenvalue weighted by Crippen LogP contribution is -2.22. The standard InChI is InChI=1S/C26H24N2O3S/c29-25(28-15-13-20-6-4-5-9-24(20)28)18-21-12-14-27(19-22(21)10-11-26(30)31)16-17-32-23-7-2-1-3-8-23/h1-15,19,21H,16-18H2,(H,30,31)/b11-10-. The van der Waals surface area contributed by atoms with Crippen LogP contribution in [-0.4, -0.2) is 38.7 Å². The van der Waals surface area contributed by atoms with Crippen LogP contribution in [0, 0.1) is 5.92 Å². The van der Waals surface area contributed by atoms with E-state index in [1.165, 1.54) is 4.90 Å². The van der Waals surface area contributed by atoms with Gasteiger partial charge in [-0.2, -0.15) is 0 Å². The molecule has 32 heavy (non-hydrogen) atoms. The van der Waals surface area contributed by atoms with Crippen molar-refractivity contribution in [3.8, 4) is 0 Å². The van der Waals surface area contributed by atoms with Gasteiger partial charge in [-0.05, 0) is 35.9 Å². The van der Waals surface area contributed by atoms with Crippen molar-refractivity contribution in [1.29, 1.82) is 0 Å². The van der Waals surface area contributed by atoms with Crippen molar-refractivity contribution in [2.75, 3.05) is 12.3 Å². The summed E-state index contributed by atoms with van der Waals surface area (Å²) < 4.78 is 1.67. The van der Waals surface area contributed by atoms with Crippen LogP contribution in [0.4, 0.5) is 0 Å². The number of thioether (sulfide) groups is 1. The average Bonchev–Trinajstić information content (AvgIpc) is 3.24. The van der Waals surface area contributed by atoms with E-state index in [-0.39, 0.29) is 18.2 Å². The van der Waals surface area contributed by atoms with Crippen LogP contribution >= 0.6 is 11.8 Å². The number of hydrogen-bond acceptors (Lipinski definition) is 4. The lowest BCUT2D eigenvalue weighted by molar-refractivity contribution is -0.131. The fourth-order valence-corrected chi connectivity index (χ4v) is 4.57. The van der Waals surface area contributed by atoms with Gasteiger partial charge in [-0.1, -0.05) is 42.5 Å². The molecule has 0 spiro atoms. The minimum atomic E-state index is -1.01. The predicted octanol–water partition coefficient (Wildman–Crippen LogP) is 5.43. The largest absolute Gasteiger partial charge is 0.478 e. The zero-order valence-electron chi connectivity index (χ0n) is 17.5. The molecule has 1 aromatic heterocycles. The lowest BCUT2D eigenvalue weighted by atomic mass is 9.93. The van der Waals surface area contributed by atoms with Crippen molar-refractivity contribution in [2.24, 2.45) is 5.92 Å². The van der Waals surface area contributed by atoms with Gasteiger partial charge in [0.05, 0.1) is 5.52 Å². The van der Waals surface area contributed by atoms with Gasteiger partial charge in [-0.3, -0.25) is 9.36 Å². The van der Waals surface area contributed by atoms with Crippen LogP contribution in [-0.2, 0) is 4.79 Å². The first-order chi connectivity index (χ1) is 15.6. The third-order valence-electron chi connectivity index (χ3n) is 5.30. The predicted molar refractivity (Wildman–Crippen MR) is 129 cm³/mol. The number of para-hydroxylation sites is 1. The van der Waals surface area contributed by atoms with Crippen molar-refractivity contribution >= 4 is 34.5 Å². The van der Waals surface area contributed by atoms with Crippen LogP contribution in [0.25, 0.3) is 10.9 Å². The van der Waals surface area contributed by atoms with E-state index in [1.807, 2.05) is 71.9 Å². The number of nitrogens with zero attached hydrogens (tertiary/aromatic N) is 2. The number of carbonyl (C=O) groups excluding carboxylic acids is 1. The van der Waals surface area contributed by atoms with Crippen LogP contribution in [0.15, 0.2) is 108 Å². The van der Waals surface area contributed by atoms with Gasteiger partial charge in [0.25, 0.3) is 0 Å². The summed E-state index contributed by atoms with van der Waals surface area (Å²) in [6.45, 7) is 0.781. The normalized spacial score (nSPS) is 15.9. The zero-order chi connectivity index (χ0) is 22.3. The second-order valence-corrected chi connectivity index (χ2v) is 8.66. The summed E-state index contributed by atoms with van der Waals surface area (Å²) in [7, 11) is 0. The number of carbonyl (C=O) groups is 2. The van der Waals surface area contributed by atoms with Crippen molar-refractivity contribution in [3.05, 3.63) is 103 Å². The van der Waals surface area contributed by atoms with Gasteiger partial charge in [0, 0.05) is 59.6 Å². The van der Waals surface area contributed by atoms with E-state index in [4.69, 9.17) is 5.11 Å². The Balaban J connectivity index is 1.45. The molecule has 5 nitrogen and oxygen atoms in total. The first-order valence-electron chi connectivity index (χ1n) is 10.4. The van der Waals surface area contributed by atoms with Crippen molar-refractivity contribution in [2.45, 2.75) is 11.3 Å². The first kappa shape index (κ1) is 21.7. The number of hydrogen-bond donors (Lipinski definition) is 1. The molecule has 162 valence electrons. The SMILES string of the molecule is O=C(O)/C=C\C1=CN(CCSc2ccccc2)C=CC1CC(=O)n1ccc2ccccc21. The molecular weight excluding hydrogens is 420 g/mol. The Kier molecular flexibility index (Phi) is 6.92. The highest BCUT2D eigenvalue weighted by molar-refractivity contribution is 7.99. The molecule has 1 atom stereocenters. The van der Waals surface area contributed by atoms with Crippen LogP contribution < -0.4 is 0 Å². The third-order valence-corrected chi connectivity index (χ3v) is 6.29. The van der Waals surface area contributed by atoms with Crippen LogP contribution in [0.3, 0.4) is 0 Å². The molecule has 1 aliphatic rings. The summed E-state index contributed by atoms with van der Waals surface area (Å²) in [5, 5.41) is 10.1. The number of rotatable bonds is 8. The highest BCUT2D eigenvalue weighted by atomic mass is 32.2. The topological polar surface area (TPSA) is 62.5 Å². The minimum absolute atomic E-state index is 0.0245. The van der Waals surface area contributed by atoms with E-state index < -0.39 is 5.97 Å². The second kappa shape index (κ2) is 10.2. The number of fused-ring (bicyclic) bond motifs is 1. The second-order valence-electron chi connectivity index (χ2n) is 7.49. The summed E-state index contributed by atoms with van der Waals surface area (Å²) in [6, 6.07) is 19.9. The Hall–Kier alpha value is -3.51. The Morgan fingerprint density at radius 2 is 1.81 bits per heavy atom. The molecular formula is C26H24N2O3S. The average molecular weight is 445 g/mol. The van der Waals surface area contributed by atoms with Crippen molar-refractivity contribution < 1.29 is 14.7 Å². The quantitative estimate of drug-likeness (QED) is 0.371. The summed E-state index contributed by atoms with van der Waals surface area (Å²) in [4.78, 5) is 27.4. The van der Waals surface area contributed by atoms with E-state index in [0.29, 0.717) is 0 Å². The minimum Gasteiger partial charge on any atom is -0.478 e. The van der Waals surface area contributed by atoms with E-state index in [0.717, 1.165) is 34.8 Å². The van der Waals surface area contributed by atoms with E-state index in [9.17, 15) is 9.59 Å². The molecule has 2 aromatic carbocycles. The molecule has 0 fully saturated rings. The van der Waals surface area contributed by atoms with Gasteiger partial charge in [-0.15, -0.1) is 11.8 Å². The maximum absolute atomic E-state index is 13.0. The number of aromatic nitrogens is 1. The maximum Gasteiger partial charge on any atom is 0.328 e. The van der Waals surface area contributed by atoms with Gasteiger partial charge in [0.15, 0.2) is 0 Å². The lowest BCUT2D eigenvalue weighted by Gasteiger charge is -2.25. The molecule has 0 bridgehead atoms. The van der Waals surface area contributed by atoms with Crippen LogP contribution in [0.1, 0.15) is 11.2 Å². The molecule has 6 heteroatoms. The molecule has 0 saturated carbocycles. The molecule has 1 aliphatic heterocycles. The summed E-state index contributed by atoms with van der Waals surface area (Å²) >= 11 is 1.77. The molecule has 0 amide bonds. The molecule has 3 aromatic rings. The highest BCUT2D eigenvalue weighted by Crippen LogP contribution is 2.26. The van der Waals surface area contributed by atoms with E-state index in [2.05, 4.69) is 12.1 Å². The molecule has 4 rings (SSSR count). The molecule has 1 unspecified atom stereocenters. The van der Waals surface area contributed by atoms with Crippen LogP contribution in [0.5, 0.6) is 0 Å². The Morgan fingerprint density at radius 1 is 1.03 bits per heavy atom. The molecule has 2 heterocycles. The van der Waals surface area contributed by atoms with Gasteiger partial charge in [0.2, 0.25) is 5.91 Å². The first-order valence-corrected chi connectivity index (χ1v) is 11.4. The van der Waals surface area contributed by atoms with E-state index >= 15 is 0 Å². The third kappa shape index (κ3) is 5.39. The zero-order valence-corrected chi connectivity index (χ0v) is 18.3. The Labute approximate surface area is 191 Å². The van der Waals surface area contributed by atoms with Gasteiger partial charge in [0.1, 0.15) is 0 Å². The number of allylic oxidation sites excluding steroid dienone is 3. The number of carboxylic acids is 1. The molecule has 0 saturated heterocycles. The van der Waals surface area contributed by atoms with E-state index in [1.54, 1.807) is 28.6 Å². The highest BCUT2D eigenvalue weighted by Gasteiger charge is 2.20. The number of carboxylic acid groups (broad SMARTS) is 1. The summed E-state index contributed by atoms with van der Waals surface area (Å²) in [6.07, 6.45) is 10.7. The fraction of sp³-hybridized carbons (Fsp3) is 0.154. The van der Waals surface area contributed by atoms with Crippen molar-refractivity contribution in [3.63, 3.8) is 0 Å². The Bertz CT molecular complexity index is 1190. The summed E-state index contributed by atoms with van der Waals surface area (Å²) in [5.74, 6) is -0.325. The number of benzene rings is 2. The van der Waals surface area contributed by atoms with Crippen LogP contribution in [0.2, 0.25) is 0 Å². The molecule has 0 aliphatic carbocycles. The Morgan fingerprint density at radius 3 is 2.62 bits per heavy atom. The smallest absolute Gasteiger partial charge is 0.328 e. The van der Waals surface area contributed by atoms with Crippen molar-refractivity contribution in [1.82, 2.24) is 9.47 Å². The maximum atomic E-state index is 13.0. The fourth-order valence-electron chi connectivity index (χ4n) is 3.69.